The second-order valence-electron chi connectivity index (χ2n) is 5.98. The van der Waals surface area contributed by atoms with Crippen LogP contribution in [0, 0.1) is 5.92 Å². The average Bonchev–Trinajstić information content (AvgIpc) is 2.84. The van der Waals surface area contributed by atoms with Crippen molar-refractivity contribution in [3.63, 3.8) is 0 Å². The van der Waals surface area contributed by atoms with E-state index >= 15 is 0 Å². The van der Waals surface area contributed by atoms with E-state index in [2.05, 4.69) is 17.1 Å². The molecule has 0 heterocycles. The van der Waals surface area contributed by atoms with Gasteiger partial charge in [0.05, 0.1) is 6.54 Å². The topological polar surface area (TPSA) is 32.3 Å². The number of carbonyl (C=O) groups is 1. The summed E-state index contributed by atoms with van der Waals surface area (Å²) in [5.41, 5.74) is -0.117. The van der Waals surface area contributed by atoms with Gasteiger partial charge in [-0.2, -0.15) is 0 Å². The molecule has 0 atom stereocenters. The van der Waals surface area contributed by atoms with Gasteiger partial charge in [-0.05, 0) is 52.5 Å². The highest BCUT2D eigenvalue weighted by Gasteiger charge is 2.25. The van der Waals surface area contributed by atoms with Crippen LogP contribution in [0.5, 0.6) is 0 Å². The number of hydrogen-bond acceptors (Lipinski definition) is 2. The number of rotatable bonds is 6. The van der Waals surface area contributed by atoms with Crippen molar-refractivity contribution in [2.45, 2.75) is 52.5 Å². The van der Waals surface area contributed by atoms with Gasteiger partial charge in [-0.1, -0.05) is 6.92 Å². The Morgan fingerprint density at radius 1 is 1.38 bits per heavy atom. The van der Waals surface area contributed by atoms with Crippen molar-refractivity contribution in [2.24, 2.45) is 5.92 Å². The third-order valence-corrected chi connectivity index (χ3v) is 2.63. The van der Waals surface area contributed by atoms with E-state index in [1.54, 1.807) is 0 Å². The van der Waals surface area contributed by atoms with E-state index in [0.29, 0.717) is 6.54 Å². The van der Waals surface area contributed by atoms with Crippen molar-refractivity contribution < 1.29 is 4.79 Å². The summed E-state index contributed by atoms with van der Waals surface area (Å²) in [6, 6.07) is 0. The van der Waals surface area contributed by atoms with Gasteiger partial charge >= 0.3 is 0 Å². The van der Waals surface area contributed by atoms with Gasteiger partial charge in [0.15, 0.2) is 0 Å². The Labute approximate surface area is 99.6 Å². The largest absolute Gasteiger partial charge is 0.350 e. The van der Waals surface area contributed by atoms with E-state index in [-0.39, 0.29) is 11.4 Å². The summed E-state index contributed by atoms with van der Waals surface area (Å²) in [6.07, 6.45) is 3.82. The van der Waals surface area contributed by atoms with Crippen LogP contribution in [-0.4, -0.2) is 36.0 Å². The molecule has 0 radical (unpaired) electrons. The Morgan fingerprint density at radius 2 is 2.00 bits per heavy atom. The quantitative estimate of drug-likeness (QED) is 0.751. The molecule has 3 nitrogen and oxygen atoms in total. The molecule has 16 heavy (non-hydrogen) atoms. The Balaban J connectivity index is 2.31. The fraction of sp³-hybridized carbons (Fsp3) is 0.923. The average molecular weight is 226 g/mol. The first kappa shape index (κ1) is 13.5. The molecule has 0 aromatic heterocycles. The molecule has 1 fully saturated rings. The second-order valence-corrected chi connectivity index (χ2v) is 5.98. The molecule has 1 amide bonds. The van der Waals surface area contributed by atoms with Gasteiger partial charge in [0.2, 0.25) is 5.91 Å². The molecule has 0 spiro atoms. The fourth-order valence-corrected chi connectivity index (χ4v) is 1.88. The van der Waals surface area contributed by atoms with Crippen molar-refractivity contribution >= 4 is 5.91 Å². The molecule has 1 N–H and O–H groups in total. The van der Waals surface area contributed by atoms with E-state index in [0.717, 1.165) is 25.4 Å². The minimum atomic E-state index is -0.117. The van der Waals surface area contributed by atoms with Crippen molar-refractivity contribution in [1.29, 1.82) is 0 Å². The number of carbonyl (C=O) groups excluding carboxylic acids is 1. The zero-order chi connectivity index (χ0) is 12.2. The van der Waals surface area contributed by atoms with Gasteiger partial charge < -0.3 is 5.32 Å². The molecule has 3 heteroatoms. The maximum Gasteiger partial charge on any atom is 0.234 e. The van der Waals surface area contributed by atoms with E-state index in [4.69, 9.17) is 0 Å². The van der Waals surface area contributed by atoms with Gasteiger partial charge in [0.1, 0.15) is 0 Å². The van der Waals surface area contributed by atoms with Gasteiger partial charge in [-0.3, -0.25) is 9.69 Å². The van der Waals surface area contributed by atoms with Gasteiger partial charge in [0, 0.05) is 12.1 Å². The van der Waals surface area contributed by atoms with Crippen molar-refractivity contribution in [1.82, 2.24) is 10.2 Å². The minimum absolute atomic E-state index is 0.117. The number of nitrogens with zero attached hydrogens (tertiary/aromatic N) is 1. The lowest BCUT2D eigenvalue weighted by Crippen LogP contribution is -2.46. The van der Waals surface area contributed by atoms with Gasteiger partial charge in [-0.25, -0.2) is 0 Å². The van der Waals surface area contributed by atoms with Crippen LogP contribution in [0.25, 0.3) is 0 Å². The third kappa shape index (κ3) is 6.11. The zero-order valence-corrected chi connectivity index (χ0v) is 11.2. The molecular formula is C13H26N2O. The SMILES string of the molecule is CCCN(CC(=O)NC(C)(C)C)CC1CC1. The molecule has 0 aromatic carbocycles. The van der Waals surface area contributed by atoms with E-state index < -0.39 is 0 Å². The summed E-state index contributed by atoms with van der Waals surface area (Å²) in [5, 5.41) is 3.02. The van der Waals surface area contributed by atoms with E-state index in [1.165, 1.54) is 12.8 Å². The van der Waals surface area contributed by atoms with Crippen molar-refractivity contribution in [3.05, 3.63) is 0 Å². The van der Waals surface area contributed by atoms with Crippen molar-refractivity contribution in [2.75, 3.05) is 19.6 Å². The molecule has 0 saturated heterocycles. The molecule has 0 aliphatic heterocycles. The van der Waals surface area contributed by atoms with Gasteiger partial charge in [-0.15, -0.1) is 0 Å². The third-order valence-electron chi connectivity index (χ3n) is 2.63. The predicted octanol–water partition coefficient (Wildman–Crippen LogP) is 2.02. The standard InChI is InChI=1S/C13H26N2O/c1-5-8-15(9-11-6-7-11)10-12(16)14-13(2,3)4/h11H,5-10H2,1-4H3,(H,14,16). The normalized spacial score (nSPS) is 16.6. The summed E-state index contributed by atoms with van der Waals surface area (Å²) in [4.78, 5) is 14.1. The van der Waals surface area contributed by atoms with Crippen LogP contribution in [0.3, 0.4) is 0 Å². The molecule has 1 aliphatic rings. The van der Waals surface area contributed by atoms with Gasteiger partial charge in [0.25, 0.3) is 0 Å². The smallest absolute Gasteiger partial charge is 0.234 e. The lowest BCUT2D eigenvalue weighted by Gasteiger charge is -2.25. The van der Waals surface area contributed by atoms with Crippen LogP contribution in [0.4, 0.5) is 0 Å². The lowest BCUT2D eigenvalue weighted by atomic mass is 10.1. The van der Waals surface area contributed by atoms with Crippen LogP contribution >= 0.6 is 0 Å². The van der Waals surface area contributed by atoms with Crippen LogP contribution in [0.1, 0.15) is 47.0 Å². The summed E-state index contributed by atoms with van der Waals surface area (Å²) < 4.78 is 0. The summed E-state index contributed by atoms with van der Waals surface area (Å²) in [6.45, 7) is 10.9. The highest BCUT2D eigenvalue weighted by Crippen LogP contribution is 2.29. The Morgan fingerprint density at radius 3 is 2.44 bits per heavy atom. The Bertz CT molecular complexity index is 229. The fourth-order valence-electron chi connectivity index (χ4n) is 1.88. The molecule has 1 saturated carbocycles. The maximum atomic E-state index is 11.8. The van der Waals surface area contributed by atoms with Crippen LogP contribution < -0.4 is 5.32 Å². The second kappa shape index (κ2) is 5.67. The highest BCUT2D eigenvalue weighted by molar-refractivity contribution is 5.78. The van der Waals surface area contributed by atoms with Crippen LogP contribution in [0.15, 0.2) is 0 Å². The molecule has 94 valence electrons. The highest BCUT2D eigenvalue weighted by atomic mass is 16.2. The minimum Gasteiger partial charge on any atom is -0.350 e. The molecule has 0 bridgehead atoms. The first-order valence-corrected chi connectivity index (χ1v) is 6.44. The summed E-state index contributed by atoms with van der Waals surface area (Å²) in [7, 11) is 0. The summed E-state index contributed by atoms with van der Waals surface area (Å²) in [5.74, 6) is 1.01. The zero-order valence-electron chi connectivity index (χ0n) is 11.2. The van der Waals surface area contributed by atoms with Crippen LogP contribution in [-0.2, 0) is 4.79 Å². The van der Waals surface area contributed by atoms with E-state index in [9.17, 15) is 4.79 Å². The molecule has 1 aliphatic carbocycles. The molecule has 0 aromatic rings. The summed E-state index contributed by atoms with van der Waals surface area (Å²) >= 11 is 0. The Kier molecular flexibility index (Phi) is 4.78. The first-order valence-electron chi connectivity index (χ1n) is 6.44. The molecule has 1 rings (SSSR count). The van der Waals surface area contributed by atoms with E-state index in [1.807, 2.05) is 20.8 Å². The lowest BCUT2D eigenvalue weighted by molar-refractivity contribution is -0.123. The molecular weight excluding hydrogens is 200 g/mol. The maximum absolute atomic E-state index is 11.8. The van der Waals surface area contributed by atoms with Crippen LogP contribution in [0.2, 0.25) is 0 Å². The predicted molar refractivity (Wildman–Crippen MR) is 67.4 cm³/mol. The number of amides is 1. The monoisotopic (exact) mass is 226 g/mol. The Hall–Kier alpha value is -0.570. The molecule has 0 unspecified atom stereocenters. The number of hydrogen-bond donors (Lipinski definition) is 1. The van der Waals surface area contributed by atoms with Crippen molar-refractivity contribution in [3.8, 4) is 0 Å². The first-order chi connectivity index (χ1) is 7.40. The number of nitrogens with one attached hydrogen (secondary N) is 1.